The Morgan fingerprint density at radius 2 is 2.13 bits per heavy atom. The van der Waals surface area contributed by atoms with Crippen molar-refractivity contribution in [3.63, 3.8) is 0 Å². The van der Waals surface area contributed by atoms with E-state index in [1.165, 1.54) is 0 Å². The van der Waals surface area contributed by atoms with Crippen molar-refractivity contribution < 1.29 is 4.74 Å². The topological polar surface area (TPSA) is 41.8 Å². The van der Waals surface area contributed by atoms with Gasteiger partial charge in [-0.3, -0.25) is 4.99 Å². The molecule has 0 aliphatic heterocycles. The highest BCUT2D eigenvalue weighted by Gasteiger charge is 2.24. The Labute approximate surface area is 145 Å². The lowest BCUT2D eigenvalue weighted by atomic mass is 9.89. The van der Waals surface area contributed by atoms with Crippen molar-refractivity contribution >= 4 is 17.6 Å². The molecule has 1 atom stereocenters. The molecule has 0 saturated heterocycles. The second-order valence-corrected chi connectivity index (χ2v) is 7.34. The highest BCUT2D eigenvalue weighted by Crippen LogP contribution is 2.22. The fraction of sp³-hybridized carbons (Fsp3) is 0.706. The highest BCUT2D eigenvalue weighted by atomic mass is 35.5. The van der Waals surface area contributed by atoms with Gasteiger partial charge in [0.05, 0.1) is 24.2 Å². The lowest BCUT2D eigenvalue weighted by Crippen LogP contribution is -2.40. The van der Waals surface area contributed by atoms with Crippen LogP contribution in [0.2, 0.25) is 5.02 Å². The molecule has 1 N–H and O–H groups in total. The van der Waals surface area contributed by atoms with Crippen molar-refractivity contribution in [2.24, 2.45) is 17.5 Å². The van der Waals surface area contributed by atoms with Crippen LogP contribution in [0.25, 0.3) is 0 Å². The summed E-state index contributed by atoms with van der Waals surface area (Å²) < 4.78 is 7.63. The molecule has 1 aromatic rings. The van der Waals surface area contributed by atoms with E-state index in [0.717, 1.165) is 29.8 Å². The molecule has 6 heteroatoms. The number of aliphatic imine (C=N–C) groups is 1. The second-order valence-electron chi connectivity index (χ2n) is 6.90. The Balaban J connectivity index is 2.83. The van der Waals surface area contributed by atoms with Gasteiger partial charge < -0.3 is 19.5 Å². The lowest BCUT2D eigenvalue weighted by molar-refractivity contribution is 0.0240. The van der Waals surface area contributed by atoms with Crippen molar-refractivity contribution in [1.82, 2.24) is 14.8 Å². The molecule has 132 valence electrons. The molecule has 0 fully saturated rings. The minimum absolute atomic E-state index is 0.0553. The first-order valence-electron chi connectivity index (χ1n) is 8.02. The summed E-state index contributed by atoms with van der Waals surface area (Å²) in [5, 5.41) is 4.09. The summed E-state index contributed by atoms with van der Waals surface area (Å²) in [7, 11) is 5.77. The predicted octanol–water partition coefficient (Wildman–Crippen LogP) is 3.14. The van der Waals surface area contributed by atoms with Gasteiger partial charge in [-0.25, -0.2) is 0 Å². The Hall–Kier alpha value is -1.20. The zero-order valence-corrected chi connectivity index (χ0v) is 16.2. The Bertz CT molecular complexity index is 519. The summed E-state index contributed by atoms with van der Waals surface area (Å²) in [5.74, 6) is 0.871. The van der Waals surface area contributed by atoms with Gasteiger partial charge in [-0.2, -0.15) is 0 Å². The molecule has 0 aromatic carbocycles. The molecule has 1 heterocycles. The van der Waals surface area contributed by atoms with Gasteiger partial charge in [0.2, 0.25) is 0 Å². The van der Waals surface area contributed by atoms with E-state index in [4.69, 9.17) is 21.3 Å². The van der Waals surface area contributed by atoms with Gasteiger partial charge in [0, 0.05) is 39.6 Å². The van der Waals surface area contributed by atoms with Gasteiger partial charge >= 0.3 is 0 Å². The van der Waals surface area contributed by atoms with E-state index in [-0.39, 0.29) is 11.5 Å². The maximum atomic E-state index is 6.06. The second kappa shape index (κ2) is 8.60. The average molecular weight is 343 g/mol. The monoisotopic (exact) mass is 342 g/mol. The quantitative estimate of drug-likeness (QED) is 0.638. The fourth-order valence-corrected chi connectivity index (χ4v) is 2.65. The summed E-state index contributed by atoms with van der Waals surface area (Å²) in [6, 6.07) is 1.98. The molecule has 0 aliphatic rings. The SMILES string of the molecule is CCNC(=NCC(OC)C(C)(C)C)N(C)Cc1cc(Cl)cn1C. The number of halogens is 1. The highest BCUT2D eigenvalue weighted by molar-refractivity contribution is 6.30. The van der Waals surface area contributed by atoms with Gasteiger partial charge in [0.1, 0.15) is 0 Å². The number of nitrogens with zero attached hydrogens (tertiary/aromatic N) is 3. The molecule has 1 aromatic heterocycles. The first-order valence-corrected chi connectivity index (χ1v) is 8.39. The van der Waals surface area contributed by atoms with Crippen molar-refractivity contribution in [1.29, 1.82) is 0 Å². The Morgan fingerprint density at radius 1 is 1.48 bits per heavy atom. The van der Waals surface area contributed by atoms with Crippen LogP contribution in [0.4, 0.5) is 0 Å². The molecule has 0 radical (unpaired) electrons. The van der Waals surface area contributed by atoms with Crippen LogP contribution in [0.5, 0.6) is 0 Å². The summed E-state index contributed by atoms with van der Waals surface area (Å²) in [6.45, 7) is 10.8. The number of methoxy groups -OCH3 is 1. The first-order chi connectivity index (χ1) is 10.7. The molecule has 1 unspecified atom stereocenters. The van der Waals surface area contributed by atoms with Crippen molar-refractivity contribution in [2.75, 3.05) is 27.2 Å². The molecule has 1 rings (SSSR count). The number of nitrogens with one attached hydrogen (secondary N) is 1. The van der Waals surface area contributed by atoms with Gasteiger partial charge in [-0.05, 0) is 18.4 Å². The van der Waals surface area contributed by atoms with E-state index in [2.05, 4.69) is 37.9 Å². The average Bonchev–Trinajstić information content (AvgIpc) is 2.74. The van der Waals surface area contributed by atoms with Crippen LogP contribution < -0.4 is 5.32 Å². The third-order valence-electron chi connectivity index (χ3n) is 3.83. The molecular weight excluding hydrogens is 312 g/mol. The van der Waals surface area contributed by atoms with Crippen LogP contribution in [0.15, 0.2) is 17.3 Å². The fourth-order valence-electron chi connectivity index (χ4n) is 2.38. The zero-order valence-electron chi connectivity index (χ0n) is 15.5. The van der Waals surface area contributed by atoms with E-state index in [1.807, 2.05) is 30.9 Å². The van der Waals surface area contributed by atoms with E-state index in [1.54, 1.807) is 7.11 Å². The summed E-state index contributed by atoms with van der Waals surface area (Å²) in [6.07, 6.45) is 1.99. The minimum Gasteiger partial charge on any atom is -0.379 e. The molecule has 0 saturated carbocycles. The molecular formula is C17H31ClN4O. The van der Waals surface area contributed by atoms with E-state index in [9.17, 15) is 0 Å². The van der Waals surface area contributed by atoms with E-state index >= 15 is 0 Å². The molecule has 23 heavy (non-hydrogen) atoms. The summed E-state index contributed by atoms with van der Waals surface area (Å²) >= 11 is 6.06. The Kier molecular flexibility index (Phi) is 7.42. The zero-order chi connectivity index (χ0) is 17.6. The van der Waals surface area contributed by atoms with Crippen LogP contribution in [-0.4, -0.2) is 48.8 Å². The largest absolute Gasteiger partial charge is 0.379 e. The normalized spacial score (nSPS) is 14.0. The van der Waals surface area contributed by atoms with Crippen LogP contribution in [0, 0.1) is 5.41 Å². The third-order valence-corrected chi connectivity index (χ3v) is 4.03. The molecule has 0 aliphatic carbocycles. The molecule has 0 bridgehead atoms. The first kappa shape index (κ1) is 19.8. The van der Waals surface area contributed by atoms with Crippen LogP contribution in [-0.2, 0) is 18.3 Å². The summed E-state index contributed by atoms with van der Waals surface area (Å²) in [5.41, 5.74) is 1.20. The smallest absolute Gasteiger partial charge is 0.194 e. The number of rotatable bonds is 6. The van der Waals surface area contributed by atoms with E-state index < -0.39 is 0 Å². The van der Waals surface area contributed by atoms with Gasteiger partial charge in [0.15, 0.2) is 5.96 Å². The van der Waals surface area contributed by atoms with Crippen molar-refractivity contribution in [3.8, 4) is 0 Å². The van der Waals surface area contributed by atoms with Crippen molar-refractivity contribution in [3.05, 3.63) is 23.0 Å². The lowest BCUT2D eigenvalue weighted by Gasteiger charge is -2.29. The van der Waals surface area contributed by atoms with Gasteiger partial charge in [-0.1, -0.05) is 32.4 Å². The number of hydrogen-bond donors (Lipinski definition) is 1. The number of aromatic nitrogens is 1. The van der Waals surface area contributed by atoms with Gasteiger partial charge in [0.25, 0.3) is 0 Å². The standard InChI is InChI=1S/C17H31ClN4O/c1-8-19-16(20-10-15(23-7)17(2,3)4)22(6)12-14-9-13(18)11-21(14)5/h9,11,15H,8,10,12H2,1-7H3,(H,19,20). The van der Waals surface area contributed by atoms with Crippen LogP contribution in [0.1, 0.15) is 33.4 Å². The van der Waals surface area contributed by atoms with Crippen molar-refractivity contribution in [2.45, 2.75) is 40.3 Å². The number of ether oxygens (including phenoxy) is 1. The minimum atomic E-state index is 0.0553. The molecule has 0 spiro atoms. The number of hydrogen-bond acceptors (Lipinski definition) is 2. The van der Waals surface area contributed by atoms with Crippen LogP contribution >= 0.6 is 11.6 Å². The molecule has 0 amide bonds. The number of aryl methyl sites for hydroxylation is 1. The maximum Gasteiger partial charge on any atom is 0.194 e. The maximum absolute atomic E-state index is 6.06. The van der Waals surface area contributed by atoms with E-state index in [0.29, 0.717) is 6.54 Å². The number of guanidine groups is 1. The summed E-state index contributed by atoms with van der Waals surface area (Å²) in [4.78, 5) is 6.85. The molecule has 5 nitrogen and oxygen atoms in total. The van der Waals surface area contributed by atoms with Crippen LogP contribution in [0.3, 0.4) is 0 Å². The van der Waals surface area contributed by atoms with Gasteiger partial charge in [-0.15, -0.1) is 0 Å². The third kappa shape index (κ3) is 6.07. The predicted molar refractivity (Wildman–Crippen MR) is 98.1 cm³/mol. The Morgan fingerprint density at radius 3 is 2.57 bits per heavy atom.